The number of carbonyl (C=O) groups excluding carboxylic acids is 1. The van der Waals surface area contributed by atoms with Crippen molar-refractivity contribution >= 4 is 23.4 Å². The van der Waals surface area contributed by atoms with E-state index in [0.29, 0.717) is 11.3 Å². The summed E-state index contributed by atoms with van der Waals surface area (Å²) in [7, 11) is 2.98. The molecule has 0 fully saturated rings. The van der Waals surface area contributed by atoms with Gasteiger partial charge in [-0.15, -0.1) is 10.2 Å². The highest BCUT2D eigenvalue weighted by atomic mass is 32.2. The van der Waals surface area contributed by atoms with Gasteiger partial charge in [-0.05, 0) is 12.1 Å². The molecule has 3 aromatic rings. The number of rotatable bonds is 9. The standard InChI is InChI=1S/C18H19N5O6S/c1-27-8-7-23-14(19)13(15(25)20-17(23)26)11(24)9-30-18-22-21-16(29-18)10-5-3-4-6-12(10)28-2/h3-6H,7-9,19H2,1-2H3,(H,20,25,26). The Hall–Kier alpha value is -3.38. The second kappa shape index (κ2) is 9.41. The van der Waals surface area contributed by atoms with Crippen LogP contribution in [0, 0.1) is 0 Å². The quantitative estimate of drug-likeness (QED) is 0.365. The van der Waals surface area contributed by atoms with Gasteiger partial charge in [0.25, 0.3) is 16.7 Å². The van der Waals surface area contributed by atoms with Gasteiger partial charge in [0.15, 0.2) is 5.78 Å². The zero-order chi connectivity index (χ0) is 21.7. The molecule has 1 aromatic carbocycles. The number of hydrogen-bond donors (Lipinski definition) is 2. The van der Waals surface area contributed by atoms with Gasteiger partial charge < -0.3 is 19.6 Å². The number of thioether (sulfide) groups is 1. The van der Waals surface area contributed by atoms with Crippen molar-refractivity contribution < 1.29 is 18.7 Å². The zero-order valence-corrected chi connectivity index (χ0v) is 17.0. The summed E-state index contributed by atoms with van der Waals surface area (Å²) in [6.45, 7) is 0.281. The van der Waals surface area contributed by atoms with E-state index in [0.717, 1.165) is 16.3 Å². The van der Waals surface area contributed by atoms with Crippen LogP contribution in [-0.4, -0.2) is 52.1 Å². The van der Waals surface area contributed by atoms with E-state index < -0.39 is 17.0 Å². The van der Waals surface area contributed by atoms with Crippen molar-refractivity contribution in [1.82, 2.24) is 19.7 Å². The number of benzene rings is 1. The smallest absolute Gasteiger partial charge is 0.330 e. The summed E-state index contributed by atoms with van der Waals surface area (Å²) < 4.78 is 16.8. The van der Waals surface area contributed by atoms with Crippen molar-refractivity contribution in [3.8, 4) is 17.2 Å². The number of methoxy groups -OCH3 is 2. The molecule has 12 heteroatoms. The first-order valence-electron chi connectivity index (χ1n) is 8.70. The summed E-state index contributed by atoms with van der Waals surface area (Å²) in [5, 5.41) is 7.99. The Labute approximate surface area is 174 Å². The number of nitrogens with two attached hydrogens (primary N) is 1. The van der Waals surface area contributed by atoms with Crippen LogP contribution < -0.4 is 21.7 Å². The van der Waals surface area contributed by atoms with Crippen molar-refractivity contribution in [2.45, 2.75) is 11.8 Å². The number of nitrogens with zero attached hydrogens (tertiary/aromatic N) is 3. The van der Waals surface area contributed by atoms with Crippen molar-refractivity contribution in [1.29, 1.82) is 0 Å². The molecule has 0 unspecified atom stereocenters. The molecule has 0 bridgehead atoms. The van der Waals surface area contributed by atoms with E-state index in [1.54, 1.807) is 24.3 Å². The van der Waals surface area contributed by atoms with E-state index in [1.165, 1.54) is 14.2 Å². The average Bonchev–Trinajstić information content (AvgIpc) is 3.20. The minimum absolute atomic E-state index is 0.0945. The number of hydrogen-bond acceptors (Lipinski definition) is 10. The number of aromatic nitrogens is 4. The molecule has 3 N–H and O–H groups in total. The largest absolute Gasteiger partial charge is 0.496 e. The SMILES string of the molecule is COCCn1c(N)c(C(=O)CSc2nnc(-c3ccccc3OC)o2)c(=O)[nH]c1=O. The van der Waals surface area contributed by atoms with Crippen LogP contribution >= 0.6 is 11.8 Å². The third-order valence-electron chi connectivity index (χ3n) is 4.11. The lowest BCUT2D eigenvalue weighted by atomic mass is 10.2. The molecule has 0 saturated carbocycles. The van der Waals surface area contributed by atoms with Crippen LogP contribution in [0.5, 0.6) is 5.75 Å². The summed E-state index contributed by atoms with van der Waals surface area (Å²) in [6.07, 6.45) is 0. The van der Waals surface area contributed by atoms with Crippen LogP contribution in [0.1, 0.15) is 10.4 Å². The van der Waals surface area contributed by atoms with Crippen LogP contribution in [0.25, 0.3) is 11.5 Å². The van der Waals surface area contributed by atoms with Gasteiger partial charge in [-0.25, -0.2) is 4.79 Å². The molecule has 0 saturated heterocycles. The van der Waals surface area contributed by atoms with Crippen molar-refractivity contribution in [3.63, 3.8) is 0 Å². The van der Waals surface area contributed by atoms with E-state index in [1.807, 2.05) is 0 Å². The first-order valence-corrected chi connectivity index (χ1v) is 9.69. The van der Waals surface area contributed by atoms with Crippen LogP contribution in [0.4, 0.5) is 5.82 Å². The van der Waals surface area contributed by atoms with Crippen LogP contribution in [0.15, 0.2) is 43.5 Å². The monoisotopic (exact) mass is 433 g/mol. The number of H-pyrrole nitrogens is 1. The Morgan fingerprint density at radius 3 is 2.77 bits per heavy atom. The highest BCUT2D eigenvalue weighted by Gasteiger charge is 2.21. The maximum atomic E-state index is 12.6. The summed E-state index contributed by atoms with van der Waals surface area (Å²) >= 11 is 0.947. The van der Waals surface area contributed by atoms with Gasteiger partial charge >= 0.3 is 5.69 Å². The molecule has 0 aliphatic heterocycles. The van der Waals surface area contributed by atoms with Gasteiger partial charge in [-0.3, -0.25) is 19.1 Å². The fourth-order valence-electron chi connectivity index (χ4n) is 2.66. The van der Waals surface area contributed by atoms with Crippen molar-refractivity contribution in [3.05, 3.63) is 50.7 Å². The predicted molar refractivity (Wildman–Crippen MR) is 109 cm³/mol. The average molecular weight is 433 g/mol. The predicted octanol–water partition coefficient (Wildman–Crippen LogP) is 0.799. The molecule has 0 atom stereocenters. The third-order valence-corrected chi connectivity index (χ3v) is 4.93. The van der Waals surface area contributed by atoms with E-state index >= 15 is 0 Å². The van der Waals surface area contributed by atoms with Gasteiger partial charge in [-0.2, -0.15) is 0 Å². The van der Waals surface area contributed by atoms with E-state index in [-0.39, 0.29) is 41.4 Å². The molecule has 30 heavy (non-hydrogen) atoms. The van der Waals surface area contributed by atoms with Crippen molar-refractivity contribution in [2.75, 3.05) is 32.3 Å². The topological polar surface area (TPSA) is 155 Å². The van der Waals surface area contributed by atoms with Crippen LogP contribution in [-0.2, 0) is 11.3 Å². The molecule has 0 radical (unpaired) electrons. The Bertz CT molecular complexity index is 1170. The van der Waals surface area contributed by atoms with Gasteiger partial charge in [0.1, 0.15) is 17.1 Å². The van der Waals surface area contributed by atoms with Crippen LogP contribution in [0.3, 0.4) is 0 Å². The maximum Gasteiger partial charge on any atom is 0.330 e. The molecular weight excluding hydrogens is 414 g/mol. The number of ketones is 1. The molecule has 2 heterocycles. The number of Topliss-reactive ketones (excluding diaryl/α,β-unsaturated/α-hetero) is 1. The Balaban J connectivity index is 1.78. The minimum Gasteiger partial charge on any atom is -0.496 e. The number of nitrogens with one attached hydrogen (secondary N) is 1. The van der Waals surface area contributed by atoms with Gasteiger partial charge in [-0.1, -0.05) is 23.9 Å². The summed E-state index contributed by atoms with van der Waals surface area (Å²) in [5.74, 6) is -0.198. The molecule has 0 aliphatic rings. The van der Waals surface area contributed by atoms with Gasteiger partial charge in [0.2, 0.25) is 0 Å². The molecule has 11 nitrogen and oxygen atoms in total. The van der Waals surface area contributed by atoms with E-state index in [9.17, 15) is 14.4 Å². The number of para-hydroxylation sites is 1. The van der Waals surface area contributed by atoms with Crippen LogP contribution in [0.2, 0.25) is 0 Å². The molecule has 3 rings (SSSR count). The number of anilines is 1. The third kappa shape index (κ3) is 4.44. The Morgan fingerprint density at radius 2 is 2.03 bits per heavy atom. The number of nitrogen functional groups attached to an aromatic ring is 1. The summed E-state index contributed by atoms with van der Waals surface area (Å²) in [5.41, 5.74) is 4.64. The second-order valence-corrected chi connectivity index (χ2v) is 6.88. The van der Waals surface area contributed by atoms with Gasteiger partial charge in [0.05, 0.1) is 31.6 Å². The van der Waals surface area contributed by atoms with Gasteiger partial charge in [0, 0.05) is 7.11 Å². The molecule has 0 spiro atoms. The Kier molecular flexibility index (Phi) is 6.69. The first kappa shape index (κ1) is 21.3. The summed E-state index contributed by atoms with van der Waals surface area (Å²) in [4.78, 5) is 38.7. The normalized spacial score (nSPS) is 10.9. The van der Waals surface area contributed by atoms with E-state index in [4.69, 9.17) is 19.6 Å². The zero-order valence-electron chi connectivity index (χ0n) is 16.2. The minimum atomic E-state index is -0.850. The Morgan fingerprint density at radius 1 is 1.27 bits per heavy atom. The second-order valence-electron chi connectivity index (χ2n) is 5.95. The highest BCUT2D eigenvalue weighted by molar-refractivity contribution is 7.99. The van der Waals surface area contributed by atoms with Crippen molar-refractivity contribution in [2.24, 2.45) is 0 Å². The molecule has 2 aromatic heterocycles. The maximum absolute atomic E-state index is 12.6. The molecule has 0 aliphatic carbocycles. The lowest BCUT2D eigenvalue weighted by molar-refractivity contribution is 0.102. The number of ether oxygens (including phenoxy) is 2. The highest BCUT2D eigenvalue weighted by Crippen LogP contribution is 2.30. The lowest BCUT2D eigenvalue weighted by Crippen LogP contribution is -2.37. The fraction of sp³-hybridized carbons (Fsp3) is 0.278. The summed E-state index contributed by atoms with van der Waals surface area (Å²) in [6, 6.07) is 7.12. The first-order chi connectivity index (χ1) is 14.5. The van der Waals surface area contributed by atoms with E-state index in [2.05, 4.69) is 15.2 Å². The number of carbonyl (C=O) groups is 1. The fourth-order valence-corrected chi connectivity index (χ4v) is 3.29. The molecule has 158 valence electrons. The lowest BCUT2D eigenvalue weighted by Gasteiger charge is -2.11. The molecule has 0 amide bonds. The number of aromatic amines is 1. The molecular formula is C18H19N5O6S.